The van der Waals surface area contributed by atoms with Gasteiger partial charge in [0.15, 0.2) is 0 Å². The van der Waals surface area contributed by atoms with Crippen molar-refractivity contribution in [2.75, 3.05) is 31.5 Å². The van der Waals surface area contributed by atoms with Crippen molar-refractivity contribution in [3.63, 3.8) is 0 Å². The van der Waals surface area contributed by atoms with Crippen molar-refractivity contribution in [3.05, 3.63) is 22.1 Å². The lowest BCUT2D eigenvalue weighted by Gasteiger charge is -2.15. The molecule has 0 aliphatic carbocycles. The molecular weight excluding hydrogens is 216 g/mol. The van der Waals surface area contributed by atoms with E-state index in [2.05, 4.69) is 29.1 Å². The Morgan fingerprint density at radius 3 is 2.71 bits per heavy atom. The molecule has 0 spiro atoms. The first kappa shape index (κ1) is 13.7. The molecule has 1 aromatic rings. The third-order valence-corrected chi connectivity index (χ3v) is 2.87. The van der Waals surface area contributed by atoms with Crippen LogP contribution in [0.3, 0.4) is 0 Å². The molecule has 0 unspecified atom stereocenters. The van der Waals surface area contributed by atoms with E-state index in [0.29, 0.717) is 5.95 Å². The number of hydrogen-bond donors (Lipinski definition) is 3. The van der Waals surface area contributed by atoms with Gasteiger partial charge in [0.2, 0.25) is 5.95 Å². The number of hydrogen-bond acceptors (Lipinski definition) is 3. The molecule has 17 heavy (non-hydrogen) atoms. The van der Waals surface area contributed by atoms with Crippen LogP contribution in [0.25, 0.3) is 0 Å². The normalized spacial score (nSPS) is 10.8. The highest BCUT2D eigenvalue weighted by atomic mass is 16.1. The van der Waals surface area contributed by atoms with Crippen molar-refractivity contribution in [2.24, 2.45) is 0 Å². The quantitative estimate of drug-likeness (QED) is 0.578. The topological polar surface area (TPSA) is 62.2 Å². The van der Waals surface area contributed by atoms with Crippen LogP contribution < -0.4 is 15.8 Å². The molecule has 0 aromatic carbocycles. The molecule has 5 heteroatoms. The molecule has 0 fully saturated rings. The van der Waals surface area contributed by atoms with Gasteiger partial charge in [-0.1, -0.05) is 0 Å². The average Bonchev–Trinajstić information content (AvgIpc) is 2.28. The highest BCUT2D eigenvalue weighted by Crippen LogP contribution is 1.94. The predicted octanol–water partition coefficient (Wildman–Crippen LogP) is -0.195. The van der Waals surface area contributed by atoms with E-state index in [-0.39, 0.29) is 5.56 Å². The van der Waals surface area contributed by atoms with Gasteiger partial charge in [-0.15, -0.1) is 0 Å². The van der Waals surface area contributed by atoms with Crippen molar-refractivity contribution < 1.29 is 4.90 Å². The van der Waals surface area contributed by atoms with E-state index in [0.717, 1.165) is 38.3 Å². The molecular formula is C12H23N4O+. The first-order chi connectivity index (χ1) is 8.15. The summed E-state index contributed by atoms with van der Waals surface area (Å²) in [4.78, 5) is 19.7. The zero-order chi connectivity index (χ0) is 12.7. The van der Waals surface area contributed by atoms with Crippen LogP contribution in [0.2, 0.25) is 0 Å². The van der Waals surface area contributed by atoms with Gasteiger partial charge < -0.3 is 10.2 Å². The highest BCUT2D eigenvalue weighted by Gasteiger charge is 2.02. The van der Waals surface area contributed by atoms with Crippen LogP contribution in [-0.4, -0.2) is 36.1 Å². The van der Waals surface area contributed by atoms with Gasteiger partial charge in [0, 0.05) is 24.7 Å². The summed E-state index contributed by atoms with van der Waals surface area (Å²) in [5, 5.41) is 3.15. The first-order valence-corrected chi connectivity index (χ1v) is 6.31. The van der Waals surface area contributed by atoms with E-state index in [1.165, 1.54) is 6.07 Å². The molecule has 5 nitrogen and oxygen atoms in total. The molecule has 1 aromatic heterocycles. The van der Waals surface area contributed by atoms with Crippen LogP contribution in [0.5, 0.6) is 0 Å². The molecule has 0 amide bonds. The Hall–Kier alpha value is -1.36. The molecule has 1 rings (SSSR count). The minimum atomic E-state index is -0.102. The monoisotopic (exact) mass is 239 g/mol. The number of aryl methyl sites for hydroxylation is 1. The number of quaternary nitrogens is 1. The third-order valence-electron chi connectivity index (χ3n) is 2.87. The lowest BCUT2D eigenvalue weighted by atomic mass is 10.3. The first-order valence-electron chi connectivity index (χ1n) is 6.31. The number of aromatic amines is 1. The molecule has 0 atom stereocenters. The van der Waals surface area contributed by atoms with Crippen LogP contribution in [0, 0.1) is 6.92 Å². The fraction of sp³-hybridized carbons (Fsp3) is 0.667. The largest absolute Gasteiger partial charge is 0.356 e. The van der Waals surface area contributed by atoms with Crippen LogP contribution in [0.1, 0.15) is 26.0 Å². The van der Waals surface area contributed by atoms with Gasteiger partial charge >= 0.3 is 0 Å². The fourth-order valence-electron chi connectivity index (χ4n) is 1.81. The van der Waals surface area contributed by atoms with Crippen LogP contribution in [-0.2, 0) is 0 Å². The lowest BCUT2D eigenvalue weighted by molar-refractivity contribution is -0.896. The number of rotatable bonds is 7. The third kappa shape index (κ3) is 4.99. The maximum Gasteiger partial charge on any atom is 0.252 e. The average molecular weight is 239 g/mol. The van der Waals surface area contributed by atoms with Gasteiger partial charge in [-0.2, -0.15) is 0 Å². The fourth-order valence-corrected chi connectivity index (χ4v) is 1.81. The van der Waals surface area contributed by atoms with Gasteiger partial charge in [-0.3, -0.25) is 9.78 Å². The second-order valence-corrected chi connectivity index (χ2v) is 4.22. The standard InChI is InChI=1S/C12H22N4O/c1-4-16(5-2)8-6-7-13-12-14-10(3)9-11(17)15-12/h9H,4-8H2,1-3H3,(H2,13,14,15,17)/p+1. The number of nitrogens with one attached hydrogen (secondary N) is 3. The van der Waals surface area contributed by atoms with Crippen molar-refractivity contribution in [1.82, 2.24) is 9.97 Å². The number of anilines is 1. The molecule has 0 bridgehead atoms. The maximum atomic E-state index is 11.2. The summed E-state index contributed by atoms with van der Waals surface area (Å²) in [6.45, 7) is 10.5. The Morgan fingerprint density at radius 1 is 1.41 bits per heavy atom. The van der Waals surface area contributed by atoms with Gasteiger partial charge in [-0.25, -0.2) is 4.98 Å². The summed E-state index contributed by atoms with van der Waals surface area (Å²) < 4.78 is 0. The van der Waals surface area contributed by atoms with Crippen molar-refractivity contribution >= 4 is 5.95 Å². The zero-order valence-corrected chi connectivity index (χ0v) is 11.0. The van der Waals surface area contributed by atoms with Gasteiger partial charge in [0.25, 0.3) is 5.56 Å². The summed E-state index contributed by atoms with van der Waals surface area (Å²) >= 11 is 0. The Kier molecular flexibility index (Phi) is 5.69. The highest BCUT2D eigenvalue weighted by molar-refractivity contribution is 5.24. The second kappa shape index (κ2) is 7.06. The van der Waals surface area contributed by atoms with Crippen molar-refractivity contribution in [3.8, 4) is 0 Å². The Bertz CT molecular complexity index is 384. The summed E-state index contributed by atoms with van der Waals surface area (Å²) in [7, 11) is 0. The van der Waals surface area contributed by atoms with E-state index in [1.807, 2.05) is 6.92 Å². The van der Waals surface area contributed by atoms with E-state index < -0.39 is 0 Å². The molecule has 96 valence electrons. The number of H-pyrrole nitrogens is 1. The number of nitrogens with zero attached hydrogens (tertiary/aromatic N) is 1. The Labute approximate surface area is 102 Å². The van der Waals surface area contributed by atoms with Gasteiger partial charge in [0.1, 0.15) is 0 Å². The molecule has 1 heterocycles. The van der Waals surface area contributed by atoms with Crippen molar-refractivity contribution in [1.29, 1.82) is 0 Å². The molecule has 0 saturated heterocycles. The second-order valence-electron chi connectivity index (χ2n) is 4.22. The summed E-state index contributed by atoms with van der Waals surface area (Å²) in [5.74, 6) is 0.574. The maximum absolute atomic E-state index is 11.2. The Morgan fingerprint density at radius 2 is 2.12 bits per heavy atom. The van der Waals surface area contributed by atoms with E-state index in [4.69, 9.17) is 0 Å². The Balaban J connectivity index is 2.33. The summed E-state index contributed by atoms with van der Waals surface area (Å²) in [6.07, 6.45) is 1.08. The number of aromatic nitrogens is 2. The predicted molar refractivity (Wildman–Crippen MR) is 69.6 cm³/mol. The van der Waals surface area contributed by atoms with Crippen LogP contribution in [0.4, 0.5) is 5.95 Å². The molecule has 0 aliphatic heterocycles. The minimum Gasteiger partial charge on any atom is -0.356 e. The lowest BCUT2D eigenvalue weighted by Crippen LogP contribution is -3.11. The van der Waals surface area contributed by atoms with E-state index in [1.54, 1.807) is 4.90 Å². The van der Waals surface area contributed by atoms with Crippen LogP contribution in [0.15, 0.2) is 10.9 Å². The van der Waals surface area contributed by atoms with Gasteiger partial charge in [0.05, 0.1) is 19.6 Å². The van der Waals surface area contributed by atoms with Crippen molar-refractivity contribution in [2.45, 2.75) is 27.2 Å². The van der Waals surface area contributed by atoms with E-state index in [9.17, 15) is 4.79 Å². The molecule has 0 aliphatic rings. The molecule has 3 N–H and O–H groups in total. The summed E-state index contributed by atoms with van der Waals surface area (Å²) in [6, 6.07) is 1.49. The molecule has 0 saturated carbocycles. The van der Waals surface area contributed by atoms with E-state index >= 15 is 0 Å². The van der Waals surface area contributed by atoms with Crippen LogP contribution >= 0.6 is 0 Å². The molecule has 0 radical (unpaired) electrons. The zero-order valence-electron chi connectivity index (χ0n) is 11.0. The SMILES string of the molecule is CC[NH+](CC)CCCNc1nc(C)cc(=O)[nH]1. The van der Waals surface area contributed by atoms with Gasteiger partial charge in [-0.05, 0) is 20.8 Å². The smallest absolute Gasteiger partial charge is 0.252 e. The minimum absolute atomic E-state index is 0.102. The summed E-state index contributed by atoms with van der Waals surface area (Å²) in [5.41, 5.74) is 0.639.